The summed E-state index contributed by atoms with van der Waals surface area (Å²) in [5, 5.41) is 12.6. The summed E-state index contributed by atoms with van der Waals surface area (Å²) in [6, 6.07) is 3.00. The summed E-state index contributed by atoms with van der Waals surface area (Å²) in [7, 11) is 0. The van der Waals surface area contributed by atoms with E-state index in [1.807, 2.05) is 19.9 Å². The molecule has 0 radical (unpaired) electrons. The number of rotatable bonds is 5. The van der Waals surface area contributed by atoms with E-state index in [0.717, 1.165) is 5.56 Å². The van der Waals surface area contributed by atoms with E-state index in [9.17, 15) is 4.79 Å². The lowest BCUT2D eigenvalue weighted by Crippen LogP contribution is -2.40. The van der Waals surface area contributed by atoms with E-state index in [-0.39, 0.29) is 5.92 Å². The molecule has 0 aliphatic carbocycles. The Morgan fingerprint density at radius 3 is 2.75 bits per heavy atom. The Kier molecular flexibility index (Phi) is 4.73. The molecular weight excluding hydrogens is 282 g/mol. The Morgan fingerprint density at radius 1 is 1.40 bits per heavy atom. The van der Waals surface area contributed by atoms with E-state index in [1.165, 1.54) is 0 Å². The monoisotopic (exact) mass is 299 g/mol. The second kappa shape index (κ2) is 6.33. The number of aliphatic carboxylic acids is 1. The molecule has 0 amide bonds. The van der Waals surface area contributed by atoms with Gasteiger partial charge in [0, 0.05) is 6.54 Å². The van der Waals surface area contributed by atoms with Crippen LogP contribution >= 0.6 is 11.6 Å². The Bertz CT molecular complexity index is 504. The van der Waals surface area contributed by atoms with Crippen LogP contribution in [0.1, 0.15) is 19.4 Å². The number of carboxylic acid groups (broad SMARTS) is 1. The number of benzene rings is 1. The molecule has 0 saturated heterocycles. The van der Waals surface area contributed by atoms with Crippen molar-refractivity contribution in [1.82, 2.24) is 5.32 Å². The number of nitrogens with one attached hydrogen (secondary N) is 1. The van der Waals surface area contributed by atoms with E-state index in [0.29, 0.717) is 36.3 Å². The fraction of sp³-hybridized carbons (Fsp3) is 0.500. The molecule has 2 N–H and O–H groups in total. The molecule has 1 aromatic carbocycles. The van der Waals surface area contributed by atoms with Crippen molar-refractivity contribution in [3.8, 4) is 11.5 Å². The van der Waals surface area contributed by atoms with Gasteiger partial charge in [-0.2, -0.15) is 0 Å². The van der Waals surface area contributed by atoms with E-state index in [4.69, 9.17) is 26.2 Å². The summed E-state index contributed by atoms with van der Waals surface area (Å²) in [6.45, 7) is 5.11. The summed E-state index contributed by atoms with van der Waals surface area (Å²) < 4.78 is 10.9. The van der Waals surface area contributed by atoms with Crippen molar-refractivity contribution < 1.29 is 19.4 Å². The van der Waals surface area contributed by atoms with Crippen LogP contribution in [0.5, 0.6) is 11.5 Å². The summed E-state index contributed by atoms with van der Waals surface area (Å²) in [5.41, 5.74) is 0.867. The Labute approximate surface area is 122 Å². The topological polar surface area (TPSA) is 67.8 Å². The van der Waals surface area contributed by atoms with E-state index < -0.39 is 12.0 Å². The van der Waals surface area contributed by atoms with Crippen LogP contribution in [-0.4, -0.2) is 30.3 Å². The van der Waals surface area contributed by atoms with E-state index >= 15 is 0 Å². The number of fused-ring (bicyclic) bond motifs is 1. The van der Waals surface area contributed by atoms with Crippen molar-refractivity contribution in [3.05, 3.63) is 22.7 Å². The van der Waals surface area contributed by atoms with Gasteiger partial charge in [-0.25, -0.2) is 0 Å². The van der Waals surface area contributed by atoms with Crippen LogP contribution in [0.2, 0.25) is 5.02 Å². The molecule has 0 spiro atoms. The minimum atomic E-state index is -0.858. The van der Waals surface area contributed by atoms with Gasteiger partial charge in [-0.3, -0.25) is 4.79 Å². The maximum absolute atomic E-state index is 11.1. The number of carboxylic acids is 1. The second-order valence-electron chi connectivity index (χ2n) is 5.04. The van der Waals surface area contributed by atoms with Gasteiger partial charge in [-0.05, 0) is 23.6 Å². The third-order valence-electron chi connectivity index (χ3n) is 3.12. The zero-order chi connectivity index (χ0) is 14.7. The van der Waals surface area contributed by atoms with Gasteiger partial charge in [-0.15, -0.1) is 0 Å². The molecule has 0 saturated carbocycles. The zero-order valence-corrected chi connectivity index (χ0v) is 12.2. The van der Waals surface area contributed by atoms with Crippen LogP contribution in [0.25, 0.3) is 0 Å². The van der Waals surface area contributed by atoms with Crippen molar-refractivity contribution in [2.75, 3.05) is 13.2 Å². The molecule has 0 fully saturated rings. The molecule has 1 heterocycles. The fourth-order valence-electron chi connectivity index (χ4n) is 2.10. The quantitative estimate of drug-likeness (QED) is 0.873. The predicted molar refractivity (Wildman–Crippen MR) is 75.5 cm³/mol. The van der Waals surface area contributed by atoms with Crippen LogP contribution in [-0.2, 0) is 11.3 Å². The molecule has 0 aromatic heterocycles. The molecule has 1 aliphatic heterocycles. The lowest BCUT2D eigenvalue weighted by molar-refractivity contribution is -0.140. The predicted octanol–water partition coefficient (Wildman–Crippen LogP) is 2.31. The zero-order valence-electron chi connectivity index (χ0n) is 11.5. The lowest BCUT2D eigenvalue weighted by atomic mass is 10.0. The summed E-state index contributed by atoms with van der Waals surface area (Å²) in [5.74, 6) is 0.307. The number of halogens is 1. The molecule has 110 valence electrons. The van der Waals surface area contributed by atoms with Crippen LogP contribution in [0.4, 0.5) is 0 Å². The first-order valence-corrected chi connectivity index (χ1v) is 6.91. The molecule has 20 heavy (non-hydrogen) atoms. The highest BCUT2D eigenvalue weighted by Gasteiger charge is 2.21. The number of ether oxygens (including phenoxy) is 2. The third-order valence-corrected chi connectivity index (χ3v) is 3.40. The van der Waals surface area contributed by atoms with Crippen molar-refractivity contribution in [2.45, 2.75) is 26.4 Å². The molecule has 6 heteroatoms. The molecule has 1 aromatic rings. The van der Waals surface area contributed by atoms with Crippen molar-refractivity contribution in [1.29, 1.82) is 0 Å². The molecule has 2 rings (SSSR count). The fourth-order valence-corrected chi connectivity index (χ4v) is 2.39. The second-order valence-corrected chi connectivity index (χ2v) is 5.45. The minimum Gasteiger partial charge on any atom is -0.486 e. The highest BCUT2D eigenvalue weighted by atomic mass is 35.5. The van der Waals surface area contributed by atoms with E-state index in [1.54, 1.807) is 6.07 Å². The summed E-state index contributed by atoms with van der Waals surface area (Å²) in [6.07, 6.45) is 0. The maximum atomic E-state index is 11.1. The van der Waals surface area contributed by atoms with Crippen molar-refractivity contribution in [3.63, 3.8) is 0 Å². The maximum Gasteiger partial charge on any atom is 0.320 e. The summed E-state index contributed by atoms with van der Waals surface area (Å²) in [4.78, 5) is 11.1. The Balaban J connectivity index is 2.10. The molecule has 0 bridgehead atoms. The molecule has 5 nitrogen and oxygen atoms in total. The van der Waals surface area contributed by atoms with Crippen molar-refractivity contribution >= 4 is 17.6 Å². The Morgan fingerprint density at radius 2 is 2.10 bits per heavy atom. The number of carbonyl (C=O) groups is 1. The van der Waals surface area contributed by atoms with Gasteiger partial charge < -0.3 is 19.9 Å². The highest BCUT2D eigenvalue weighted by molar-refractivity contribution is 6.32. The highest BCUT2D eigenvalue weighted by Crippen LogP contribution is 2.38. The first-order valence-electron chi connectivity index (χ1n) is 6.53. The average Bonchev–Trinajstić information content (AvgIpc) is 2.38. The van der Waals surface area contributed by atoms with Crippen LogP contribution in [0.3, 0.4) is 0 Å². The van der Waals surface area contributed by atoms with Crippen LogP contribution < -0.4 is 14.8 Å². The van der Waals surface area contributed by atoms with E-state index in [2.05, 4.69) is 5.32 Å². The van der Waals surface area contributed by atoms with Gasteiger partial charge in [-0.1, -0.05) is 25.4 Å². The van der Waals surface area contributed by atoms with Gasteiger partial charge in [0.25, 0.3) is 0 Å². The smallest absolute Gasteiger partial charge is 0.320 e. The SMILES string of the molecule is CC(C)[C@H](NCc1cc(Cl)c2c(c1)OCCO2)C(=O)O. The first-order chi connectivity index (χ1) is 9.49. The molecule has 1 atom stereocenters. The summed E-state index contributed by atoms with van der Waals surface area (Å²) >= 11 is 6.14. The minimum absolute atomic E-state index is 0.000169. The van der Waals surface area contributed by atoms with Gasteiger partial charge in [0.2, 0.25) is 0 Å². The lowest BCUT2D eigenvalue weighted by Gasteiger charge is -2.21. The first kappa shape index (κ1) is 14.9. The number of hydrogen-bond acceptors (Lipinski definition) is 4. The van der Waals surface area contributed by atoms with Gasteiger partial charge >= 0.3 is 5.97 Å². The standard InChI is InChI=1S/C14H18ClNO4/c1-8(2)12(14(17)18)16-7-9-5-10(15)13-11(6-9)19-3-4-20-13/h5-6,8,12,16H,3-4,7H2,1-2H3,(H,17,18)/t12-/m0/s1. The molecule has 1 aliphatic rings. The Hall–Kier alpha value is -1.46. The van der Waals surface area contributed by atoms with Crippen molar-refractivity contribution in [2.24, 2.45) is 5.92 Å². The van der Waals surface area contributed by atoms with Crippen LogP contribution in [0, 0.1) is 5.92 Å². The van der Waals surface area contributed by atoms with Gasteiger partial charge in [0.05, 0.1) is 5.02 Å². The molecular formula is C14H18ClNO4. The average molecular weight is 300 g/mol. The molecule has 0 unspecified atom stereocenters. The third kappa shape index (κ3) is 3.35. The van der Waals surface area contributed by atoms with Gasteiger partial charge in [0.1, 0.15) is 19.3 Å². The normalized spacial score (nSPS) is 15.2. The largest absolute Gasteiger partial charge is 0.486 e. The van der Waals surface area contributed by atoms with Gasteiger partial charge in [0.15, 0.2) is 11.5 Å². The van der Waals surface area contributed by atoms with Crippen LogP contribution in [0.15, 0.2) is 12.1 Å². The number of hydrogen-bond donors (Lipinski definition) is 2.